The fraction of sp³-hybridized carbons (Fsp3) is 0.300. The molecule has 0 atom stereocenters. The molecular formula is C10H11F3N2O4S. The summed E-state index contributed by atoms with van der Waals surface area (Å²) in [6, 6.07) is 7.19. The molecular weight excluding hydrogens is 301 g/mol. The molecule has 1 aromatic carbocycles. The van der Waals surface area contributed by atoms with Crippen molar-refractivity contribution in [1.29, 1.82) is 0 Å². The molecule has 0 aliphatic rings. The molecule has 0 aliphatic carbocycles. The number of alkyl halides is 3. The zero-order valence-corrected chi connectivity index (χ0v) is 10.8. The zero-order chi connectivity index (χ0) is 15.2. The van der Waals surface area contributed by atoms with Crippen molar-refractivity contribution < 1.29 is 31.2 Å². The second-order valence-corrected chi connectivity index (χ2v) is 5.33. The third-order valence-corrected chi connectivity index (χ3v) is 3.32. The molecule has 0 fully saturated rings. The van der Waals surface area contributed by atoms with E-state index < -0.39 is 35.3 Å². The highest BCUT2D eigenvalue weighted by Gasteiger charge is 2.28. The molecule has 0 aliphatic heterocycles. The first kappa shape index (κ1) is 16.4. The summed E-state index contributed by atoms with van der Waals surface area (Å²) in [6.07, 6.45) is -4.59. The SMILES string of the molecule is O=C(CNS(=O)(=O)c1ccccc1)NOCC(F)(F)F. The lowest BCUT2D eigenvalue weighted by Crippen LogP contribution is -2.38. The Bertz CT molecular complexity index is 545. The van der Waals surface area contributed by atoms with Gasteiger partial charge in [0.05, 0.1) is 11.4 Å². The number of nitrogens with one attached hydrogen (secondary N) is 2. The quantitative estimate of drug-likeness (QED) is 0.752. The standard InChI is InChI=1S/C10H11F3N2O4S/c11-10(12,13)7-19-15-9(16)6-14-20(17,18)8-4-2-1-3-5-8/h1-5,14H,6-7H2,(H,15,16). The summed E-state index contributed by atoms with van der Waals surface area (Å²) in [5.74, 6) is -1.05. The highest BCUT2D eigenvalue weighted by molar-refractivity contribution is 7.89. The Morgan fingerprint density at radius 1 is 1.20 bits per heavy atom. The van der Waals surface area contributed by atoms with Crippen LogP contribution in [0.5, 0.6) is 0 Å². The van der Waals surface area contributed by atoms with E-state index in [0.717, 1.165) is 0 Å². The van der Waals surface area contributed by atoms with Crippen LogP contribution in [0.2, 0.25) is 0 Å². The number of hydrogen-bond acceptors (Lipinski definition) is 4. The summed E-state index contributed by atoms with van der Waals surface area (Å²) in [4.78, 5) is 14.9. The summed E-state index contributed by atoms with van der Waals surface area (Å²) in [5, 5.41) is 0. The molecule has 1 amide bonds. The van der Waals surface area contributed by atoms with Crippen molar-refractivity contribution in [2.45, 2.75) is 11.1 Å². The van der Waals surface area contributed by atoms with Crippen LogP contribution < -0.4 is 10.2 Å². The van der Waals surface area contributed by atoms with Crippen LogP contribution in [0, 0.1) is 0 Å². The van der Waals surface area contributed by atoms with Crippen LogP contribution >= 0.6 is 0 Å². The van der Waals surface area contributed by atoms with Crippen molar-refractivity contribution >= 4 is 15.9 Å². The minimum absolute atomic E-state index is 0.0657. The fourth-order valence-electron chi connectivity index (χ4n) is 1.08. The van der Waals surface area contributed by atoms with E-state index in [1.54, 1.807) is 6.07 Å². The van der Waals surface area contributed by atoms with Gasteiger partial charge in [-0.25, -0.2) is 18.6 Å². The Kier molecular flexibility index (Phi) is 5.48. The van der Waals surface area contributed by atoms with Gasteiger partial charge in [-0.3, -0.25) is 9.63 Å². The molecule has 0 heterocycles. The molecule has 2 N–H and O–H groups in total. The third-order valence-electron chi connectivity index (χ3n) is 1.90. The van der Waals surface area contributed by atoms with E-state index >= 15 is 0 Å². The number of halogens is 3. The summed E-state index contributed by atoms with van der Waals surface area (Å²) in [5.41, 5.74) is 1.48. The normalized spacial score (nSPS) is 12.2. The molecule has 0 saturated carbocycles. The molecule has 112 valence electrons. The first-order chi connectivity index (χ1) is 9.21. The average molecular weight is 312 g/mol. The number of sulfonamides is 1. The maximum Gasteiger partial charge on any atom is 0.414 e. The van der Waals surface area contributed by atoms with E-state index in [0.29, 0.717) is 0 Å². The van der Waals surface area contributed by atoms with Crippen LogP contribution in [0.3, 0.4) is 0 Å². The Balaban J connectivity index is 2.41. The van der Waals surface area contributed by atoms with Crippen LogP contribution in [0.4, 0.5) is 13.2 Å². The average Bonchev–Trinajstić information content (AvgIpc) is 2.36. The zero-order valence-electron chi connectivity index (χ0n) is 9.98. The number of carbonyl (C=O) groups is 1. The highest BCUT2D eigenvalue weighted by atomic mass is 32.2. The molecule has 20 heavy (non-hydrogen) atoms. The number of hydrogen-bond donors (Lipinski definition) is 2. The second-order valence-electron chi connectivity index (χ2n) is 3.57. The summed E-state index contributed by atoms with van der Waals surface area (Å²) < 4.78 is 60.4. The molecule has 6 nitrogen and oxygen atoms in total. The van der Waals surface area contributed by atoms with E-state index in [1.807, 2.05) is 4.72 Å². The molecule has 0 radical (unpaired) electrons. The Morgan fingerprint density at radius 2 is 1.80 bits per heavy atom. The van der Waals surface area contributed by atoms with E-state index in [4.69, 9.17) is 0 Å². The lowest BCUT2D eigenvalue weighted by Gasteiger charge is -2.09. The van der Waals surface area contributed by atoms with Crippen molar-refractivity contribution in [3.63, 3.8) is 0 Å². The van der Waals surface area contributed by atoms with Gasteiger partial charge in [-0.2, -0.15) is 13.2 Å². The molecule has 0 bridgehead atoms. The molecule has 0 saturated heterocycles. The van der Waals surface area contributed by atoms with E-state index in [2.05, 4.69) is 4.84 Å². The maximum atomic E-state index is 11.7. The number of carbonyl (C=O) groups excluding carboxylic acids is 1. The Morgan fingerprint density at radius 3 is 2.35 bits per heavy atom. The molecule has 1 rings (SSSR count). The minimum Gasteiger partial charge on any atom is -0.271 e. The van der Waals surface area contributed by atoms with Gasteiger partial charge < -0.3 is 0 Å². The van der Waals surface area contributed by atoms with E-state index in [-0.39, 0.29) is 4.90 Å². The first-order valence-electron chi connectivity index (χ1n) is 5.23. The smallest absolute Gasteiger partial charge is 0.271 e. The van der Waals surface area contributed by atoms with Crippen molar-refractivity contribution in [3.05, 3.63) is 30.3 Å². The van der Waals surface area contributed by atoms with Gasteiger partial charge in [0.25, 0.3) is 5.91 Å². The van der Waals surface area contributed by atoms with Crippen LogP contribution in [-0.4, -0.2) is 33.7 Å². The molecule has 10 heteroatoms. The summed E-state index contributed by atoms with van der Waals surface area (Å²) in [7, 11) is -3.90. The largest absolute Gasteiger partial charge is 0.414 e. The summed E-state index contributed by atoms with van der Waals surface area (Å²) >= 11 is 0. The van der Waals surface area contributed by atoms with Gasteiger partial charge in [0.1, 0.15) is 0 Å². The highest BCUT2D eigenvalue weighted by Crippen LogP contribution is 2.13. The van der Waals surface area contributed by atoms with Gasteiger partial charge in [0, 0.05) is 0 Å². The van der Waals surface area contributed by atoms with Crippen LogP contribution in [0.25, 0.3) is 0 Å². The number of rotatable bonds is 6. The first-order valence-corrected chi connectivity index (χ1v) is 6.71. The number of amides is 1. The van der Waals surface area contributed by atoms with Gasteiger partial charge in [0.2, 0.25) is 10.0 Å². The van der Waals surface area contributed by atoms with Crippen LogP contribution in [0.1, 0.15) is 0 Å². The molecule has 0 spiro atoms. The Hall–Kier alpha value is -1.65. The third kappa shape index (κ3) is 5.99. The lowest BCUT2D eigenvalue weighted by molar-refractivity contribution is -0.191. The van der Waals surface area contributed by atoms with Gasteiger partial charge in [-0.1, -0.05) is 18.2 Å². The van der Waals surface area contributed by atoms with Gasteiger partial charge >= 0.3 is 6.18 Å². The number of hydroxylamine groups is 1. The molecule has 1 aromatic rings. The van der Waals surface area contributed by atoms with E-state index in [9.17, 15) is 26.4 Å². The Labute approximate surface area is 112 Å². The molecule has 0 aromatic heterocycles. The van der Waals surface area contributed by atoms with Gasteiger partial charge in [-0.15, -0.1) is 0 Å². The van der Waals surface area contributed by atoms with Crippen LogP contribution in [-0.2, 0) is 19.7 Å². The van der Waals surface area contributed by atoms with Crippen molar-refractivity contribution in [2.24, 2.45) is 0 Å². The lowest BCUT2D eigenvalue weighted by atomic mass is 10.4. The van der Waals surface area contributed by atoms with E-state index in [1.165, 1.54) is 29.7 Å². The summed E-state index contributed by atoms with van der Waals surface area (Å²) in [6.45, 7) is -2.40. The topological polar surface area (TPSA) is 84.5 Å². The van der Waals surface area contributed by atoms with Crippen molar-refractivity contribution in [2.75, 3.05) is 13.2 Å². The number of benzene rings is 1. The fourth-order valence-corrected chi connectivity index (χ4v) is 2.08. The molecule has 0 unspecified atom stereocenters. The monoisotopic (exact) mass is 312 g/mol. The minimum atomic E-state index is -4.59. The predicted molar refractivity (Wildman–Crippen MR) is 61.8 cm³/mol. The van der Waals surface area contributed by atoms with Crippen LogP contribution in [0.15, 0.2) is 35.2 Å². The van der Waals surface area contributed by atoms with Crippen molar-refractivity contribution in [1.82, 2.24) is 10.2 Å². The van der Waals surface area contributed by atoms with Crippen molar-refractivity contribution in [3.8, 4) is 0 Å². The van der Waals surface area contributed by atoms with Gasteiger partial charge in [-0.05, 0) is 12.1 Å². The second kappa shape index (κ2) is 6.68. The maximum absolute atomic E-state index is 11.7. The predicted octanol–water partition coefficient (Wildman–Crippen LogP) is 0.575. The van der Waals surface area contributed by atoms with Gasteiger partial charge in [0.15, 0.2) is 6.61 Å².